The van der Waals surface area contributed by atoms with Crippen molar-refractivity contribution in [3.8, 4) is 0 Å². The summed E-state index contributed by atoms with van der Waals surface area (Å²) in [7, 11) is 0. The summed E-state index contributed by atoms with van der Waals surface area (Å²) in [5.74, 6) is -1.08. The molecule has 0 rings (SSSR count). The van der Waals surface area contributed by atoms with Gasteiger partial charge in [-0.2, -0.15) is 0 Å². The van der Waals surface area contributed by atoms with Crippen LogP contribution in [-0.4, -0.2) is 23.7 Å². The van der Waals surface area contributed by atoms with Crippen LogP contribution in [-0.2, 0) is 14.3 Å². The normalized spacial score (nSPS) is 12.6. The molecular weight excluding hydrogens is 256 g/mol. The number of unbranched alkanes of at least 4 members (excludes halogenated alkanes) is 1. The minimum Gasteiger partial charge on any atom is -0.478 e. The van der Waals surface area contributed by atoms with Crippen molar-refractivity contribution in [2.45, 2.75) is 60.3 Å². The molecule has 0 aromatic carbocycles. The highest BCUT2D eigenvalue weighted by molar-refractivity contribution is 5.99. The quantitative estimate of drug-likeness (QED) is 0.397. The van der Waals surface area contributed by atoms with Gasteiger partial charge >= 0.3 is 11.9 Å². The second kappa shape index (κ2) is 9.56. The van der Waals surface area contributed by atoms with Crippen LogP contribution in [0.5, 0.6) is 0 Å². The first kappa shape index (κ1) is 18.7. The Morgan fingerprint density at radius 3 is 1.90 bits per heavy atom. The van der Waals surface area contributed by atoms with Gasteiger partial charge in [-0.3, -0.25) is 0 Å². The lowest BCUT2D eigenvalue weighted by atomic mass is 9.93. The van der Waals surface area contributed by atoms with Crippen molar-refractivity contribution < 1.29 is 19.4 Å². The lowest BCUT2D eigenvalue weighted by Crippen LogP contribution is -2.18. The van der Waals surface area contributed by atoms with E-state index in [1.807, 2.05) is 34.6 Å². The molecule has 0 aliphatic carbocycles. The highest BCUT2D eigenvalue weighted by atomic mass is 16.5. The van der Waals surface area contributed by atoms with Crippen molar-refractivity contribution in [3.05, 3.63) is 11.1 Å². The zero-order valence-electron chi connectivity index (χ0n) is 13.4. The van der Waals surface area contributed by atoms with E-state index in [0.29, 0.717) is 25.0 Å². The molecule has 0 bridgehead atoms. The van der Waals surface area contributed by atoms with Crippen molar-refractivity contribution in [1.29, 1.82) is 0 Å². The molecule has 0 aliphatic rings. The van der Waals surface area contributed by atoms with E-state index in [2.05, 4.69) is 0 Å². The number of esters is 1. The predicted molar refractivity (Wildman–Crippen MR) is 79.4 cm³/mol. The third-order valence-corrected chi connectivity index (χ3v) is 2.82. The fourth-order valence-electron chi connectivity index (χ4n) is 1.88. The van der Waals surface area contributed by atoms with Gasteiger partial charge in [-0.1, -0.05) is 41.0 Å². The summed E-state index contributed by atoms with van der Waals surface area (Å²) in [4.78, 5) is 23.6. The smallest absolute Gasteiger partial charge is 0.334 e. The summed E-state index contributed by atoms with van der Waals surface area (Å²) < 4.78 is 5.20. The lowest BCUT2D eigenvalue weighted by Gasteiger charge is -2.15. The zero-order valence-corrected chi connectivity index (χ0v) is 13.4. The highest BCUT2D eigenvalue weighted by Crippen LogP contribution is 2.22. The van der Waals surface area contributed by atoms with Gasteiger partial charge in [0.05, 0.1) is 6.61 Å². The molecule has 20 heavy (non-hydrogen) atoms. The molecule has 0 amide bonds. The maximum absolute atomic E-state index is 12.1. The van der Waals surface area contributed by atoms with Gasteiger partial charge < -0.3 is 9.84 Å². The van der Waals surface area contributed by atoms with Crippen molar-refractivity contribution in [2.75, 3.05) is 6.61 Å². The molecule has 0 atom stereocenters. The molecule has 0 heterocycles. The Morgan fingerprint density at radius 2 is 1.50 bits per heavy atom. The summed E-state index contributed by atoms with van der Waals surface area (Å²) in [6, 6.07) is 0. The maximum Gasteiger partial charge on any atom is 0.334 e. The van der Waals surface area contributed by atoms with Gasteiger partial charge in [0.15, 0.2) is 0 Å². The average Bonchev–Trinajstić information content (AvgIpc) is 2.32. The summed E-state index contributed by atoms with van der Waals surface area (Å²) in [5.41, 5.74) is 0.535. The number of hydrogen-bond acceptors (Lipinski definition) is 3. The number of carboxylic acid groups (broad SMARTS) is 1. The Hall–Kier alpha value is -1.32. The molecule has 0 radical (unpaired) electrons. The Labute approximate surface area is 122 Å². The first-order chi connectivity index (χ1) is 9.29. The summed E-state index contributed by atoms with van der Waals surface area (Å²) in [5, 5.41) is 9.36. The Balaban J connectivity index is 5.23. The van der Waals surface area contributed by atoms with Crippen molar-refractivity contribution in [1.82, 2.24) is 0 Å². The van der Waals surface area contributed by atoms with Gasteiger partial charge in [0.25, 0.3) is 0 Å². The third-order valence-electron chi connectivity index (χ3n) is 2.82. The zero-order chi connectivity index (χ0) is 15.7. The Morgan fingerprint density at radius 1 is 1.00 bits per heavy atom. The van der Waals surface area contributed by atoms with Gasteiger partial charge in [-0.25, -0.2) is 9.59 Å². The molecule has 0 unspecified atom stereocenters. The summed E-state index contributed by atoms with van der Waals surface area (Å²) >= 11 is 0. The molecule has 0 saturated heterocycles. The monoisotopic (exact) mass is 284 g/mol. The van der Waals surface area contributed by atoms with Crippen molar-refractivity contribution >= 4 is 11.9 Å². The van der Waals surface area contributed by atoms with E-state index >= 15 is 0 Å². The molecule has 0 aromatic rings. The van der Waals surface area contributed by atoms with Crippen LogP contribution >= 0.6 is 0 Å². The molecule has 0 aromatic heterocycles. The van der Waals surface area contributed by atoms with Gasteiger partial charge in [0.1, 0.15) is 0 Å². The van der Waals surface area contributed by atoms with E-state index in [9.17, 15) is 14.7 Å². The van der Waals surface area contributed by atoms with Gasteiger partial charge in [-0.15, -0.1) is 0 Å². The SMILES string of the molecule is CCCCOC(=O)/C(CC(C)C)=C(/CC(C)C)C(=O)O. The average molecular weight is 284 g/mol. The first-order valence-corrected chi connectivity index (χ1v) is 7.41. The Bertz CT molecular complexity index is 353. The van der Waals surface area contributed by atoms with E-state index in [-0.39, 0.29) is 17.4 Å². The number of hydrogen-bond donors (Lipinski definition) is 1. The second-order valence-corrected chi connectivity index (χ2v) is 5.95. The molecule has 4 heteroatoms. The maximum atomic E-state index is 12.1. The van der Waals surface area contributed by atoms with Crippen LogP contribution in [0.1, 0.15) is 60.3 Å². The largest absolute Gasteiger partial charge is 0.478 e. The van der Waals surface area contributed by atoms with E-state index < -0.39 is 11.9 Å². The fraction of sp³-hybridized carbons (Fsp3) is 0.750. The van der Waals surface area contributed by atoms with E-state index in [1.165, 1.54) is 0 Å². The number of carbonyl (C=O) groups is 2. The van der Waals surface area contributed by atoms with E-state index in [0.717, 1.165) is 12.8 Å². The number of ether oxygens (including phenoxy) is 1. The van der Waals surface area contributed by atoms with E-state index in [1.54, 1.807) is 0 Å². The molecule has 0 saturated carbocycles. The van der Waals surface area contributed by atoms with Gasteiger partial charge in [0, 0.05) is 11.1 Å². The first-order valence-electron chi connectivity index (χ1n) is 7.41. The number of carboxylic acids is 1. The number of carbonyl (C=O) groups excluding carboxylic acids is 1. The minimum atomic E-state index is -1.01. The van der Waals surface area contributed by atoms with Gasteiger partial charge in [-0.05, 0) is 31.1 Å². The predicted octanol–water partition coefficient (Wildman–Crippen LogP) is 3.80. The van der Waals surface area contributed by atoms with Crippen LogP contribution in [0.3, 0.4) is 0 Å². The summed E-state index contributed by atoms with van der Waals surface area (Å²) in [6.07, 6.45) is 2.57. The van der Waals surface area contributed by atoms with Crippen molar-refractivity contribution in [3.63, 3.8) is 0 Å². The minimum absolute atomic E-state index is 0.187. The van der Waals surface area contributed by atoms with Crippen molar-refractivity contribution in [2.24, 2.45) is 11.8 Å². The van der Waals surface area contributed by atoms with Crippen LogP contribution in [0.2, 0.25) is 0 Å². The van der Waals surface area contributed by atoms with Crippen LogP contribution in [0.4, 0.5) is 0 Å². The second-order valence-electron chi connectivity index (χ2n) is 5.95. The molecule has 0 spiro atoms. The molecule has 1 N–H and O–H groups in total. The van der Waals surface area contributed by atoms with Crippen LogP contribution in [0.25, 0.3) is 0 Å². The standard InChI is InChI=1S/C16H28O4/c1-6-7-8-20-16(19)14(10-12(4)5)13(15(17)18)9-11(2)3/h11-12H,6-10H2,1-5H3,(H,17,18)/b14-13-. The fourth-order valence-corrected chi connectivity index (χ4v) is 1.88. The van der Waals surface area contributed by atoms with Crippen LogP contribution in [0.15, 0.2) is 11.1 Å². The third kappa shape index (κ3) is 7.31. The highest BCUT2D eigenvalue weighted by Gasteiger charge is 2.23. The number of rotatable bonds is 9. The van der Waals surface area contributed by atoms with Crippen LogP contribution < -0.4 is 0 Å². The molecule has 0 fully saturated rings. The lowest BCUT2D eigenvalue weighted by molar-refractivity contribution is -0.140. The molecule has 4 nitrogen and oxygen atoms in total. The summed E-state index contributed by atoms with van der Waals surface area (Å²) in [6.45, 7) is 10.2. The molecular formula is C16H28O4. The van der Waals surface area contributed by atoms with Crippen LogP contribution in [0, 0.1) is 11.8 Å². The topological polar surface area (TPSA) is 63.6 Å². The number of aliphatic carboxylic acids is 1. The molecule has 0 aliphatic heterocycles. The Kier molecular flexibility index (Phi) is 8.93. The van der Waals surface area contributed by atoms with Gasteiger partial charge in [0.2, 0.25) is 0 Å². The molecule has 116 valence electrons. The van der Waals surface area contributed by atoms with E-state index in [4.69, 9.17) is 4.74 Å².